The second-order valence-corrected chi connectivity index (χ2v) is 6.22. The number of aliphatic imine (C=N–C) groups is 1. The zero-order valence-electron chi connectivity index (χ0n) is 11.5. The molecular weight excluding hydrogens is 351 g/mol. The summed E-state index contributed by atoms with van der Waals surface area (Å²) >= 11 is 1.99. The van der Waals surface area contributed by atoms with Crippen LogP contribution < -0.4 is 0 Å². The summed E-state index contributed by atoms with van der Waals surface area (Å²) < 4.78 is 36.8. The van der Waals surface area contributed by atoms with Crippen molar-refractivity contribution in [3.8, 4) is 6.19 Å². The first-order valence-corrected chi connectivity index (χ1v) is 8.07. The Kier molecular flexibility index (Phi) is 8.21. The maximum absolute atomic E-state index is 12.7. The highest BCUT2D eigenvalue weighted by molar-refractivity contribution is 8.38. The van der Waals surface area contributed by atoms with Crippen molar-refractivity contribution in [2.45, 2.75) is 12.2 Å². The van der Waals surface area contributed by atoms with Crippen LogP contribution in [0.3, 0.4) is 0 Å². The summed E-state index contributed by atoms with van der Waals surface area (Å²) in [5.74, 6) is -1.34. The van der Waals surface area contributed by atoms with Gasteiger partial charge >= 0.3 is 6.08 Å². The average molecular weight is 361 g/mol. The second-order valence-electron chi connectivity index (χ2n) is 3.92. The topological polar surface area (TPSA) is 79.3 Å². The molecule has 0 saturated heterocycles. The number of hydrogen-bond donors (Lipinski definition) is 0. The van der Waals surface area contributed by atoms with Crippen molar-refractivity contribution in [3.05, 3.63) is 51.9 Å². The van der Waals surface area contributed by atoms with Crippen LogP contribution >= 0.6 is 23.5 Å². The molecule has 10 heteroatoms. The maximum Gasteiger partial charge on any atom is 0.301 e. The van der Waals surface area contributed by atoms with Gasteiger partial charge in [0.2, 0.25) is 6.19 Å². The number of thioether (sulfide) groups is 2. The molecule has 0 fully saturated rings. The van der Waals surface area contributed by atoms with Gasteiger partial charge in [-0.1, -0.05) is 41.7 Å². The minimum Gasteiger partial charge on any atom is -0.258 e. The molecule has 0 heterocycles. The van der Waals surface area contributed by atoms with Crippen LogP contribution in [-0.2, 0) is 5.75 Å². The number of halogens is 3. The summed E-state index contributed by atoms with van der Waals surface area (Å²) in [6.07, 6.45) is -1.29. The van der Waals surface area contributed by atoms with Crippen molar-refractivity contribution in [2.24, 2.45) is 4.99 Å². The Hall–Kier alpha value is -1.99. The number of allylic oxidation sites excluding steroid dienone is 1. The van der Waals surface area contributed by atoms with Gasteiger partial charge in [-0.15, -0.1) is 0 Å². The molecule has 0 radical (unpaired) electrons. The molecule has 0 amide bonds. The summed E-state index contributed by atoms with van der Waals surface area (Å²) in [4.78, 5) is 13.9. The van der Waals surface area contributed by atoms with Gasteiger partial charge in [-0.25, -0.2) is 4.39 Å². The Balaban J connectivity index is 2.65. The minimum absolute atomic E-state index is 0.0203. The van der Waals surface area contributed by atoms with E-state index in [0.29, 0.717) is 5.56 Å². The van der Waals surface area contributed by atoms with Crippen molar-refractivity contribution < 1.29 is 18.1 Å². The van der Waals surface area contributed by atoms with E-state index in [1.165, 1.54) is 12.1 Å². The van der Waals surface area contributed by atoms with Gasteiger partial charge in [0.15, 0.2) is 5.83 Å². The van der Waals surface area contributed by atoms with Gasteiger partial charge in [-0.2, -0.15) is 19.0 Å². The normalized spacial score (nSPS) is 11.0. The van der Waals surface area contributed by atoms with Crippen LogP contribution in [0.25, 0.3) is 0 Å². The number of nitriles is 1. The lowest BCUT2D eigenvalue weighted by Gasteiger charge is -2.04. The molecule has 5 nitrogen and oxygen atoms in total. The highest BCUT2D eigenvalue weighted by atomic mass is 32.2. The van der Waals surface area contributed by atoms with E-state index in [1.54, 1.807) is 18.3 Å². The number of nitro groups is 1. The van der Waals surface area contributed by atoms with Gasteiger partial charge in [0, 0.05) is 29.6 Å². The fourth-order valence-corrected chi connectivity index (χ4v) is 3.37. The number of hydrogen-bond acceptors (Lipinski definition) is 6. The van der Waals surface area contributed by atoms with Crippen molar-refractivity contribution >= 4 is 33.6 Å². The van der Waals surface area contributed by atoms with Crippen LogP contribution in [0.2, 0.25) is 0 Å². The molecule has 122 valence electrons. The smallest absolute Gasteiger partial charge is 0.258 e. The Labute approximate surface area is 138 Å². The molecule has 0 aliphatic rings. The van der Waals surface area contributed by atoms with E-state index in [2.05, 4.69) is 4.99 Å². The van der Waals surface area contributed by atoms with E-state index < -0.39 is 23.3 Å². The molecule has 0 N–H and O–H groups in total. The lowest BCUT2D eigenvalue weighted by atomic mass is 10.2. The van der Waals surface area contributed by atoms with Gasteiger partial charge in [0.25, 0.3) is 5.69 Å². The molecule has 0 unspecified atom stereocenters. The summed E-state index contributed by atoms with van der Waals surface area (Å²) in [6.45, 7) is 0. The molecule has 0 aromatic heterocycles. The van der Waals surface area contributed by atoms with Crippen LogP contribution in [0.4, 0.5) is 18.9 Å². The molecule has 23 heavy (non-hydrogen) atoms. The third-order valence-corrected chi connectivity index (χ3v) is 4.68. The standard InChI is InChI=1S/C13H10F3N3O2S2/c14-10(12(15)16)5-6-22-13(18-8-17)23-7-9-3-1-2-4-11(9)19(20)21/h1-4H,5-7H2. The van der Waals surface area contributed by atoms with Crippen LogP contribution in [0, 0.1) is 21.6 Å². The Morgan fingerprint density at radius 2 is 2.00 bits per heavy atom. The SMILES string of the molecule is N#CN=C(SCCC(F)=C(F)F)SCc1ccccc1[N+](=O)[O-]. The third-order valence-electron chi connectivity index (χ3n) is 2.43. The van der Waals surface area contributed by atoms with Gasteiger partial charge in [0.1, 0.15) is 4.38 Å². The fourth-order valence-electron chi connectivity index (χ4n) is 1.42. The van der Waals surface area contributed by atoms with Gasteiger partial charge in [-0.05, 0) is 0 Å². The van der Waals surface area contributed by atoms with E-state index in [0.717, 1.165) is 23.5 Å². The van der Waals surface area contributed by atoms with Gasteiger partial charge in [0.05, 0.1) is 4.92 Å². The highest BCUT2D eigenvalue weighted by Crippen LogP contribution is 2.28. The van der Waals surface area contributed by atoms with Crippen LogP contribution in [0.1, 0.15) is 12.0 Å². The molecular formula is C13H10F3N3O2S2. The predicted octanol–water partition coefficient (Wildman–Crippen LogP) is 4.87. The number of para-hydroxylation sites is 1. The zero-order chi connectivity index (χ0) is 17.2. The largest absolute Gasteiger partial charge is 0.301 e. The number of rotatable bonds is 6. The van der Waals surface area contributed by atoms with E-state index in [9.17, 15) is 23.3 Å². The number of nitro benzene ring substituents is 1. The monoisotopic (exact) mass is 361 g/mol. The van der Waals surface area contributed by atoms with Crippen LogP contribution in [0.15, 0.2) is 41.2 Å². The fraction of sp³-hybridized carbons (Fsp3) is 0.231. The van der Waals surface area contributed by atoms with E-state index in [4.69, 9.17) is 5.26 Å². The Bertz CT molecular complexity index is 671. The van der Waals surface area contributed by atoms with E-state index >= 15 is 0 Å². The first kappa shape index (κ1) is 19.1. The molecule has 1 aromatic carbocycles. The summed E-state index contributed by atoms with van der Waals surface area (Å²) in [7, 11) is 0. The van der Waals surface area contributed by atoms with Gasteiger partial charge < -0.3 is 0 Å². The summed E-state index contributed by atoms with van der Waals surface area (Å²) in [5, 5.41) is 19.5. The first-order chi connectivity index (χ1) is 11.0. The summed E-state index contributed by atoms with van der Waals surface area (Å²) in [6, 6.07) is 6.10. The van der Waals surface area contributed by atoms with E-state index in [-0.39, 0.29) is 21.6 Å². The molecule has 1 rings (SSSR count). The van der Waals surface area contributed by atoms with Crippen molar-refractivity contribution in [2.75, 3.05) is 5.75 Å². The molecule has 1 aromatic rings. The van der Waals surface area contributed by atoms with Gasteiger partial charge in [-0.3, -0.25) is 10.1 Å². The lowest BCUT2D eigenvalue weighted by molar-refractivity contribution is -0.385. The van der Waals surface area contributed by atoms with Crippen molar-refractivity contribution in [1.82, 2.24) is 0 Å². The highest BCUT2D eigenvalue weighted by Gasteiger charge is 2.14. The molecule has 0 bridgehead atoms. The second kappa shape index (κ2) is 9.91. The molecule has 0 spiro atoms. The number of benzene rings is 1. The van der Waals surface area contributed by atoms with Crippen molar-refractivity contribution in [3.63, 3.8) is 0 Å². The zero-order valence-corrected chi connectivity index (χ0v) is 13.2. The summed E-state index contributed by atoms with van der Waals surface area (Å²) in [5.41, 5.74) is 0.379. The quantitative estimate of drug-likeness (QED) is 0.237. The average Bonchev–Trinajstić information content (AvgIpc) is 2.52. The van der Waals surface area contributed by atoms with Crippen LogP contribution in [0.5, 0.6) is 0 Å². The van der Waals surface area contributed by atoms with E-state index in [1.807, 2.05) is 0 Å². The molecule has 0 saturated carbocycles. The molecule has 0 aliphatic carbocycles. The Morgan fingerprint density at radius 3 is 2.61 bits per heavy atom. The maximum atomic E-state index is 12.7. The third kappa shape index (κ3) is 6.75. The first-order valence-electron chi connectivity index (χ1n) is 6.10. The minimum atomic E-state index is -2.36. The number of nitrogens with zero attached hydrogens (tertiary/aromatic N) is 3. The predicted molar refractivity (Wildman–Crippen MR) is 84.9 cm³/mol. The van der Waals surface area contributed by atoms with Crippen LogP contribution in [-0.4, -0.2) is 15.1 Å². The Morgan fingerprint density at radius 1 is 1.30 bits per heavy atom. The molecule has 0 aliphatic heterocycles. The molecule has 0 atom stereocenters. The van der Waals surface area contributed by atoms with Crippen molar-refractivity contribution in [1.29, 1.82) is 5.26 Å². The lowest BCUT2D eigenvalue weighted by Crippen LogP contribution is -1.96.